The van der Waals surface area contributed by atoms with Gasteiger partial charge in [-0.15, -0.1) is 0 Å². The van der Waals surface area contributed by atoms with Crippen LogP contribution in [-0.4, -0.2) is 12.5 Å². The molecule has 98 valence electrons. The molecule has 1 heterocycles. The van der Waals surface area contributed by atoms with Gasteiger partial charge in [-0.2, -0.15) is 0 Å². The Labute approximate surface area is 108 Å². The molecule has 1 aliphatic heterocycles. The van der Waals surface area contributed by atoms with Crippen LogP contribution in [0, 0.1) is 5.92 Å². The van der Waals surface area contributed by atoms with Gasteiger partial charge in [-0.25, -0.2) is 0 Å². The first-order chi connectivity index (χ1) is 8.63. The number of nitrogens with one attached hydrogen (secondary N) is 2. The number of carbonyl (C=O) groups excluding carboxylic acids is 1. The number of fused-ring (bicyclic) bond motifs is 1. The summed E-state index contributed by atoms with van der Waals surface area (Å²) in [5.74, 6) is 0.703. The number of benzene rings is 1. The highest BCUT2D eigenvalue weighted by Gasteiger charge is 2.19. The summed E-state index contributed by atoms with van der Waals surface area (Å²) in [5.41, 5.74) is 9.53. The molecule has 1 amide bonds. The topological polar surface area (TPSA) is 67.1 Å². The van der Waals surface area contributed by atoms with Crippen molar-refractivity contribution in [3.63, 3.8) is 0 Å². The van der Waals surface area contributed by atoms with Crippen molar-refractivity contribution in [3.8, 4) is 0 Å². The van der Waals surface area contributed by atoms with Crippen LogP contribution in [-0.2, 0) is 11.2 Å². The van der Waals surface area contributed by atoms with Gasteiger partial charge in [0.25, 0.3) is 0 Å². The van der Waals surface area contributed by atoms with E-state index in [0.717, 1.165) is 42.0 Å². The van der Waals surface area contributed by atoms with E-state index >= 15 is 0 Å². The molecule has 0 saturated heterocycles. The monoisotopic (exact) mass is 247 g/mol. The van der Waals surface area contributed by atoms with Crippen LogP contribution in [0.1, 0.15) is 32.3 Å². The van der Waals surface area contributed by atoms with Crippen LogP contribution in [0.4, 0.5) is 17.1 Å². The number of hydrogen-bond acceptors (Lipinski definition) is 3. The molecule has 4 heteroatoms. The normalized spacial score (nSPS) is 13.6. The highest BCUT2D eigenvalue weighted by Crippen LogP contribution is 2.31. The first-order valence-corrected chi connectivity index (χ1v) is 6.60. The fourth-order valence-corrected chi connectivity index (χ4v) is 2.28. The summed E-state index contributed by atoms with van der Waals surface area (Å²) in [5, 5.41) is 6.23. The lowest BCUT2D eigenvalue weighted by Gasteiger charge is -2.16. The third-order valence-corrected chi connectivity index (χ3v) is 3.64. The fourth-order valence-electron chi connectivity index (χ4n) is 2.28. The summed E-state index contributed by atoms with van der Waals surface area (Å²) < 4.78 is 0. The molecule has 1 aromatic rings. The van der Waals surface area contributed by atoms with Gasteiger partial charge in [0.1, 0.15) is 0 Å². The highest BCUT2D eigenvalue weighted by molar-refractivity contribution is 6.00. The molecular formula is C14H21N3O. The molecule has 0 fully saturated rings. The van der Waals surface area contributed by atoms with Gasteiger partial charge >= 0.3 is 0 Å². The molecule has 0 atom stereocenters. The maximum absolute atomic E-state index is 11.3. The van der Waals surface area contributed by atoms with Crippen molar-refractivity contribution in [3.05, 3.63) is 17.7 Å². The van der Waals surface area contributed by atoms with Gasteiger partial charge < -0.3 is 16.4 Å². The molecule has 4 N–H and O–H groups in total. The maximum atomic E-state index is 11.3. The Morgan fingerprint density at radius 3 is 2.78 bits per heavy atom. The van der Waals surface area contributed by atoms with Gasteiger partial charge in [-0.1, -0.05) is 26.7 Å². The summed E-state index contributed by atoms with van der Waals surface area (Å²) in [6, 6.07) is 3.83. The van der Waals surface area contributed by atoms with E-state index in [1.807, 2.05) is 12.1 Å². The first kappa shape index (κ1) is 12.7. The van der Waals surface area contributed by atoms with Crippen molar-refractivity contribution in [2.45, 2.75) is 33.1 Å². The Bertz CT molecular complexity index is 453. The molecule has 1 aliphatic rings. The second-order valence-corrected chi connectivity index (χ2v) is 4.88. The van der Waals surface area contributed by atoms with Crippen molar-refractivity contribution in [2.75, 3.05) is 22.9 Å². The summed E-state index contributed by atoms with van der Waals surface area (Å²) in [6.07, 6.45) is 2.75. The molecule has 0 aliphatic carbocycles. The minimum absolute atomic E-state index is 0.0431. The van der Waals surface area contributed by atoms with Gasteiger partial charge in [0, 0.05) is 12.2 Å². The minimum atomic E-state index is 0.0431. The van der Waals surface area contributed by atoms with Crippen molar-refractivity contribution in [1.82, 2.24) is 0 Å². The van der Waals surface area contributed by atoms with Crippen molar-refractivity contribution >= 4 is 23.0 Å². The number of rotatable bonds is 5. The number of amides is 1. The highest BCUT2D eigenvalue weighted by atomic mass is 16.1. The Balaban J connectivity index is 2.10. The number of hydrogen-bond donors (Lipinski definition) is 3. The predicted octanol–water partition coefficient (Wildman–Crippen LogP) is 2.61. The van der Waals surface area contributed by atoms with E-state index in [2.05, 4.69) is 24.5 Å². The molecule has 0 saturated carbocycles. The lowest BCUT2D eigenvalue weighted by molar-refractivity contribution is -0.115. The Morgan fingerprint density at radius 1 is 1.39 bits per heavy atom. The predicted molar refractivity (Wildman–Crippen MR) is 75.7 cm³/mol. The second-order valence-electron chi connectivity index (χ2n) is 4.88. The molecule has 0 spiro atoms. The Morgan fingerprint density at radius 2 is 2.11 bits per heavy atom. The quantitative estimate of drug-likeness (QED) is 0.701. The van der Waals surface area contributed by atoms with E-state index < -0.39 is 0 Å². The minimum Gasteiger partial charge on any atom is -0.397 e. The van der Waals surface area contributed by atoms with Crippen LogP contribution in [0.3, 0.4) is 0 Å². The van der Waals surface area contributed by atoms with Crippen molar-refractivity contribution in [1.29, 1.82) is 0 Å². The van der Waals surface area contributed by atoms with Crippen LogP contribution in [0.5, 0.6) is 0 Å². The average Bonchev–Trinajstić information content (AvgIpc) is 2.69. The van der Waals surface area contributed by atoms with Crippen molar-refractivity contribution < 1.29 is 4.79 Å². The lowest BCUT2D eigenvalue weighted by atomic mass is 10.0. The number of carbonyl (C=O) groups is 1. The zero-order valence-corrected chi connectivity index (χ0v) is 11.0. The maximum Gasteiger partial charge on any atom is 0.228 e. The van der Waals surface area contributed by atoms with E-state index in [1.54, 1.807) is 0 Å². The zero-order valence-electron chi connectivity index (χ0n) is 11.0. The van der Waals surface area contributed by atoms with E-state index in [1.165, 1.54) is 0 Å². The molecular weight excluding hydrogens is 226 g/mol. The summed E-state index contributed by atoms with van der Waals surface area (Å²) in [4.78, 5) is 11.3. The molecule has 0 radical (unpaired) electrons. The first-order valence-electron chi connectivity index (χ1n) is 6.60. The average molecular weight is 247 g/mol. The Kier molecular flexibility index (Phi) is 3.75. The molecule has 18 heavy (non-hydrogen) atoms. The van der Waals surface area contributed by atoms with Gasteiger partial charge in [0.15, 0.2) is 0 Å². The molecule has 0 unspecified atom stereocenters. The van der Waals surface area contributed by atoms with Gasteiger partial charge in [-0.05, 0) is 23.6 Å². The Hall–Kier alpha value is -1.71. The van der Waals surface area contributed by atoms with E-state index in [0.29, 0.717) is 12.3 Å². The zero-order chi connectivity index (χ0) is 13.1. The number of nitrogen functional groups attached to an aromatic ring is 1. The van der Waals surface area contributed by atoms with Gasteiger partial charge in [0.2, 0.25) is 5.91 Å². The lowest BCUT2D eigenvalue weighted by Crippen LogP contribution is -2.13. The standard InChI is InChI=1S/C14H21N3O/c1-3-9(4-2)8-16-13-7-12-10(5-11(13)15)6-14(18)17-12/h5,7,9,16H,3-4,6,8,15H2,1-2H3,(H,17,18). The van der Waals surface area contributed by atoms with Gasteiger partial charge in [0.05, 0.1) is 17.8 Å². The van der Waals surface area contributed by atoms with Crippen LogP contribution in [0.2, 0.25) is 0 Å². The SMILES string of the molecule is CCC(CC)CNc1cc2c(cc1N)CC(=O)N2. The number of nitrogens with two attached hydrogens (primary N) is 1. The van der Waals surface area contributed by atoms with E-state index in [4.69, 9.17) is 5.73 Å². The third kappa shape index (κ3) is 2.58. The molecule has 0 aromatic heterocycles. The van der Waals surface area contributed by atoms with E-state index in [9.17, 15) is 4.79 Å². The smallest absolute Gasteiger partial charge is 0.228 e. The second kappa shape index (κ2) is 5.29. The summed E-state index contributed by atoms with van der Waals surface area (Å²) in [6.45, 7) is 5.31. The molecule has 1 aromatic carbocycles. The molecule has 0 bridgehead atoms. The van der Waals surface area contributed by atoms with Crippen LogP contribution >= 0.6 is 0 Å². The fraction of sp³-hybridized carbons (Fsp3) is 0.500. The molecule has 2 rings (SSSR count). The summed E-state index contributed by atoms with van der Waals surface area (Å²) in [7, 11) is 0. The number of anilines is 3. The summed E-state index contributed by atoms with van der Waals surface area (Å²) >= 11 is 0. The third-order valence-electron chi connectivity index (χ3n) is 3.64. The van der Waals surface area contributed by atoms with Crippen LogP contribution < -0.4 is 16.4 Å². The van der Waals surface area contributed by atoms with Crippen LogP contribution in [0.15, 0.2) is 12.1 Å². The van der Waals surface area contributed by atoms with Crippen LogP contribution in [0.25, 0.3) is 0 Å². The van der Waals surface area contributed by atoms with Gasteiger partial charge in [-0.3, -0.25) is 4.79 Å². The van der Waals surface area contributed by atoms with Crippen molar-refractivity contribution in [2.24, 2.45) is 5.92 Å². The molecule has 4 nitrogen and oxygen atoms in total. The van der Waals surface area contributed by atoms with E-state index in [-0.39, 0.29) is 5.91 Å². The largest absolute Gasteiger partial charge is 0.397 e.